The molecule has 1 aliphatic rings. The molecule has 0 N–H and O–H groups in total. The summed E-state index contributed by atoms with van der Waals surface area (Å²) in [6.07, 6.45) is 0. The Hall–Kier alpha value is -1.64. The minimum Gasteiger partial charge on any atom is -0.469 e. The number of ketones is 1. The predicted octanol–water partition coefficient (Wildman–Crippen LogP) is 2.41. The first-order chi connectivity index (χ1) is 8.07. The van der Waals surface area contributed by atoms with Gasteiger partial charge in [-0.2, -0.15) is 0 Å². The molecular formula is C14H16O3. The molecule has 0 bridgehead atoms. The molecule has 3 heteroatoms. The summed E-state index contributed by atoms with van der Waals surface area (Å²) in [5.74, 6) is -0.639. The van der Waals surface area contributed by atoms with Crippen molar-refractivity contribution in [3.63, 3.8) is 0 Å². The number of rotatable bonds is 1. The zero-order valence-electron chi connectivity index (χ0n) is 10.3. The summed E-state index contributed by atoms with van der Waals surface area (Å²) >= 11 is 0. The summed E-state index contributed by atoms with van der Waals surface area (Å²) in [4.78, 5) is 24.0. The molecule has 0 fully saturated rings. The second-order valence-corrected chi connectivity index (χ2v) is 4.60. The molecule has 17 heavy (non-hydrogen) atoms. The fourth-order valence-corrected chi connectivity index (χ4v) is 2.52. The smallest absolute Gasteiger partial charge is 0.313 e. The van der Waals surface area contributed by atoms with Crippen LogP contribution in [0.4, 0.5) is 0 Å². The average Bonchev–Trinajstić information content (AvgIpc) is 2.36. The zero-order chi connectivity index (χ0) is 12.6. The van der Waals surface area contributed by atoms with E-state index in [4.69, 9.17) is 4.74 Å². The van der Waals surface area contributed by atoms with Crippen LogP contribution < -0.4 is 0 Å². The van der Waals surface area contributed by atoms with Crippen molar-refractivity contribution in [2.45, 2.75) is 19.8 Å². The van der Waals surface area contributed by atoms with Gasteiger partial charge in [-0.05, 0) is 11.5 Å². The lowest BCUT2D eigenvalue weighted by Gasteiger charge is -2.33. The number of hydrogen-bond acceptors (Lipinski definition) is 3. The Balaban J connectivity index is 2.56. The molecule has 0 aliphatic heterocycles. The monoisotopic (exact) mass is 232 g/mol. The fourth-order valence-electron chi connectivity index (χ4n) is 2.52. The van der Waals surface area contributed by atoms with E-state index in [9.17, 15) is 9.59 Å². The molecule has 90 valence electrons. The maximum atomic E-state index is 12.1. The van der Waals surface area contributed by atoms with Gasteiger partial charge >= 0.3 is 5.97 Å². The third-order valence-corrected chi connectivity index (χ3v) is 3.74. The Labute approximate surface area is 101 Å². The van der Waals surface area contributed by atoms with Crippen LogP contribution in [0.1, 0.15) is 35.7 Å². The summed E-state index contributed by atoms with van der Waals surface area (Å²) in [5, 5.41) is 0. The number of methoxy groups -OCH3 is 1. The molecule has 0 aromatic heterocycles. The minimum atomic E-state index is -0.330. The summed E-state index contributed by atoms with van der Waals surface area (Å²) in [7, 11) is 1.39. The average molecular weight is 232 g/mol. The van der Waals surface area contributed by atoms with Crippen LogP contribution in [0.25, 0.3) is 0 Å². The van der Waals surface area contributed by atoms with Gasteiger partial charge in [0.2, 0.25) is 0 Å². The van der Waals surface area contributed by atoms with Gasteiger partial charge < -0.3 is 4.74 Å². The molecule has 0 saturated carbocycles. The molecule has 3 nitrogen and oxygen atoms in total. The zero-order valence-corrected chi connectivity index (χ0v) is 10.3. The lowest BCUT2D eigenvalue weighted by Crippen LogP contribution is -2.35. The Bertz CT molecular complexity index is 464. The first-order valence-corrected chi connectivity index (χ1v) is 5.79. The highest BCUT2D eigenvalue weighted by molar-refractivity contribution is 6.02. The van der Waals surface area contributed by atoms with E-state index in [-0.39, 0.29) is 29.5 Å². The van der Waals surface area contributed by atoms with Gasteiger partial charge in [-0.1, -0.05) is 38.1 Å². The SMILES string of the molecule is COC(=O)C1c2ccccc2C(=O)C(C)C1C. The van der Waals surface area contributed by atoms with Gasteiger partial charge in [0, 0.05) is 11.5 Å². The van der Waals surface area contributed by atoms with E-state index in [1.807, 2.05) is 32.0 Å². The van der Waals surface area contributed by atoms with Crippen molar-refractivity contribution in [1.82, 2.24) is 0 Å². The van der Waals surface area contributed by atoms with Crippen LogP contribution in [-0.4, -0.2) is 18.9 Å². The summed E-state index contributed by atoms with van der Waals surface area (Å²) in [5.41, 5.74) is 1.46. The molecule has 0 saturated heterocycles. The number of fused-ring (bicyclic) bond motifs is 1. The quantitative estimate of drug-likeness (QED) is 0.698. The molecule has 0 radical (unpaired) electrons. The number of carbonyl (C=O) groups is 2. The van der Waals surface area contributed by atoms with Crippen molar-refractivity contribution in [2.24, 2.45) is 11.8 Å². The van der Waals surface area contributed by atoms with Crippen LogP contribution in [0.15, 0.2) is 24.3 Å². The van der Waals surface area contributed by atoms with Crippen LogP contribution in [0.2, 0.25) is 0 Å². The number of ether oxygens (including phenoxy) is 1. The molecule has 0 spiro atoms. The van der Waals surface area contributed by atoms with Crippen molar-refractivity contribution < 1.29 is 14.3 Å². The maximum Gasteiger partial charge on any atom is 0.313 e. The maximum absolute atomic E-state index is 12.1. The Morgan fingerprint density at radius 3 is 2.53 bits per heavy atom. The number of carbonyl (C=O) groups excluding carboxylic acids is 2. The van der Waals surface area contributed by atoms with Gasteiger partial charge in [-0.25, -0.2) is 0 Å². The molecule has 0 heterocycles. The highest BCUT2D eigenvalue weighted by atomic mass is 16.5. The highest BCUT2D eigenvalue weighted by Crippen LogP contribution is 2.39. The topological polar surface area (TPSA) is 43.4 Å². The summed E-state index contributed by atoms with van der Waals surface area (Å²) < 4.78 is 4.85. The third kappa shape index (κ3) is 1.75. The Morgan fingerprint density at radius 2 is 1.88 bits per heavy atom. The van der Waals surface area contributed by atoms with Gasteiger partial charge in [0.15, 0.2) is 5.78 Å². The van der Waals surface area contributed by atoms with E-state index in [2.05, 4.69) is 0 Å². The van der Waals surface area contributed by atoms with Crippen LogP contribution in [-0.2, 0) is 9.53 Å². The van der Waals surface area contributed by atoms with Crippen LogP contribution in [0, 0.1) is 11.8 Å². The van der Waals surface area contributed by atoms with Crippen molar-refractivity contribution in [3.05, 3.63) is 35.4 Å². The van der Waals surface area contributed by atoms with E-state index in [0.29, 0.717) is 5.56 Å². The lowest BCUT2D eigenvalue weighted by atomic mass is 9.70. The molecule has 1 aliphatic carbocycles. The van der Waals surface area contributed by atoms with Gasteiger partial charge in [0.05, 0.1) is 13.0 Å². The summed E-state index contributed by atoms with van der Waals surface area (Å²) in [6.45, 7) is 3.80. The molecular weight excluding hydrogens is 216 g/mol. The van der Waals surface area contributed by atoms with Crippen molar-refractivity contribution >= 4 is 11.8 Å². The molecule has 3 unspecified atom stereocenters. The van der Waals surface area contributed by atoms with Crippen LogP contribution in [0.3, 0.4) is 0 Å². The van der Waals surface area contributed by atoms with Gasteiger partial charge in [0.25, 0.3) is 0 Å². The standard InChI is InChI=1S/C14H16O3/c1-8-9(2)13(15)11-7-5-4-6-10(11)12(8)14(16)17-3/h4-9,12H,1-3H3. The second kappa shape index (κ2) is 4.32. The molecule has 2 rings (SSSR count). The highest BCUT2D eigenvalue weighted by Gasteiger charge is 2.41. The number of benzene rings is 1. The van der Waals surface area contributed by atoms with E-state index in [1.165, 1.54) is 7.11 Å². The number of esters is 1. The Kier molecular flexibility index (Phi) is 3.01. The first-order valence-electron chi connectivity index (χ1n) is 5.79. The predicted molar refractivity (Wildman–Crippen MR) is 63.9 cm³/mol. The summed E-state index contributed by atoms with van der Waals surface area (Å²) in [6, 6.07) is 7.31. The lowest BCUT2D eigenvalue weighted by molar-refractivity contribution is -0.144. The van der Waals surface area contributed by atoms with E-state index < -0.39 is 0 Å². The Morgan fingerprint density at radius 1 is 1.24 bits per heavy atom. The van der Waals surface area contributed by atoms with Crippen LogP contribution >= 0.6 is 0 Å². The van der Waals surface area contributed by atoms with Gasteiger partial charge in [0.1, 0.15) is 0 Å². The fraction of sp³-hybridized carbons (Fsp3) is 0.429. The normalized spacial score (nSPS) is 27.5. The van der Waals surface area contributed by atoms with Crippen molar-refractivity contribution in [3.8, 4) is 0 Å². The third-order valence-electron chi connectivity index (χ3n) is 3.74. The van der Waals surface area contributed by atoms with E-state index in [1.54, 1.807) is 6.07 Å². The van der Waals surface area contributed by atoms with Gasteiger partial charge in [-0.3, -0.25) is 9.59 Å². The van der Waals surface area contributed by atoms with Crippen molar-refractivity contribution in [1.29, 1.82) is 0 Å². The minimum absolute atomic E-state index is 0.0233. The van der Waals surface area contributed by atoms with Crippen molar-refractivity contribution in [2.75, 3.05) is 7.11 Å². The molecule has 0 amide bonds. The van der Waals surface area contributed by atoms with Crippen LogP contribution in [0.5, 0.6) is 0 Å². The van der Waals surface area contributed by atoms with E-state index >= 15 is 0 Å². The molecule has 1 aromatic rings. The second-order valence-electron chi connectivity index (χ2n) is 4.60. The molecule has 1 aromatic carbocycles. The number of hydrogen-bond donors (Lipinski definition) is 0. The number of Topliss-reactive ketones (excluding diaryl/α,β-unsaturated/α-hetero) is 1. The first kappa shape index (κ1) is 11.8. The largest absolute Gasteiger partial charge is 0.469 e. The molecule has 3 atom stereocenters. The van der Waals surface area contributed by atoms with E-state index in [0.717, 1.165) is 5.56 Å². The van der Waals surface area contributed by atoms with Gasteiger partial charge in [-0.15, -0.1) is 0 Å².